The first-order valence-electron chi connectivity index (χ1n) is 11.2. The normalized spacial score (nSPS) is 12.7. The number of amides is 2. The molecule has 2 aromatic carbocycles. The van der Waals surface area contributed by atoms with E-state index in [0.717, 1.165) is 23.5 Å². The van der Waals surface area contributed by atoms with Gasteiger partial charge in [0.15, 0.2) is 0 Å². The Kier molecular flexibility index (Phi) is 10.6. The molecule has 0 bridgehead atoms. The molecule has 1 N–H and O–H groups in total. The summed E-state index contributed by atoms with van der Waals surface area (Å²) in [6.45, 7) is 8.45. The molecule has 0 saturated carbocycles. The summed E-state index contributed by atoms with van der Waals surface area (Å²) in [5.41, 5.74) is 3.42. The van der Waals surface area contributed by atoms with E-state index in [1.807, 2.05) is 57.2 Å². The quantitative estimate of drug-likeness (QED) is 0.490. The molecule has 32 heavy (non-hydrogen) atoms. The third-order valence-electron chi connectivity index (χ3n) is 5.64. The number of benzene rings is 2. The Hall–Kier alpha value is -2.47. The fraction of sp³-hybridized carbons (Fsp3) is 0.462. The van der Waals surface area contributed by atoms with Crippen LogP contribution in [0, 0.1) is 6.92 Å². The number of hydrogen-bond acceptors (Lipinski definition) is 4. The van der Waals surface area contributed by atoms with Crippen LogP contribution in [-0.4, -0.2) is 41.7 Å². The topological polar surface area (TPSA) is 58.6 Å². The molecule has 2 rings (SSSR count). The van der Waals surface area contributed by atoms with Crippen molar-refractivity contribution in [3.63, 3.8) is 0 Å². The van der Waals surface area contributed by atoms with Crippen molar-refractivity contribution in [2.24, 2.45) is 0 Å². The van der Waals surface area contributed by atoms with E-state index in [-0.39, 0.29) is 17.9 Å². The van der Waals surface area contributed by atoms with Crippen molar-refractivity contribution in [1.82, 2.24) is 10.2 Å². The van der Waals surface area contributed by atoms with Crippen LogP contribution < -0.4 is 10.1 Å². The fourth-order valence-electron chi connectivity index (χ4n) is 3.39. The number of aryl methyl sites for hydroxylation is 1. The van der Waals surface area contributed by atoms with E-state index in [4.69, 9.17) is 4.74 Å². The molecule has 0 fully saturated rings. The molecule has 0 radical (unpaired) electrons. The van der Waals surface area contributed by atoms with Crippen molar-refractivity contribution in [2.75, 3.05) is 12.9 Å². The van der Waals surface area contributed by atoms with Crippen molar-refractivity contribution in [3.05, 3.63) is 65.2 Å². The highest BCUT2D eigenvalue weighted by atomic mass is 32.2. The molecule has 2 amide bonds. The van der Waals surface area contributed by atoms with Crippen LogP contribution >= 0.6 is 11.8 Å². The second kappa shape index (κ2) is 13.2. The lowest BCUT2D eigenvalue weighted by Crippen LogP contribution is -2.51. The number of nitrogens with one attached hydrogen (secondary N) is 1. The van der Waals surface area contributed by atoms with E-state index in [2.05, 4.69) is 24.4 Å². The Bertz CT molecular complexity index is 870. The van der Waals surface area contributed by atoms with Crippen LogP contribution in [0.3, 0.4) is 0 Å². The van der Waals surface area contributed by atoms with Gasteiger partial charge in [0.05, 0.1) is 12.9 Å². The number of methoxy groups -OCH3 is 1. The Balaban J connectivity index is 2.15. The predicted molar refractivity (Wildman–Crippen MR) is 133 cm³/mol. The van der Waals surface area contributed by atoms with Crippen molar-refractivity contribution in [3.8, 4) is 5.75 Å². The van der Waals surface area contributed by atoms with E-state index in [0.29, 0.717) is 18.7 Å². The highest BCUT2D eigenvalue weighted by Gasteiger charge is 2.29. The maximum atomic E-state index is 13.3. The first-order valence-corrected chi connectivity index (χ1v) is 12.4. The largest absolute Gasteiger partial charge is 0.497 e. The molecule has 6 heteroatoms. The zero-order chi connectivity index (χ0) is 23.5. The average Bonchev–Trinajstić information content (AvgIpc) is 2.80. The van der Waals surface area contributed by atoms with Crippen molar-refractivity contribution < 1.29 is 14.3 Å². The smallest absolute Gasteiger partial charge is 0.243 e. The van der Waals surface area contributed by atoms with Crippen molar-refractivity contribution in [2.45, 2.75) is 64.9 Å². The van der Waals surface area contributed by atoms with Crippen LogP contribution in [-0.2, 0) is 21.9 Å². The first-order chi connectivity index (χ1) is 15.4. The SMILES string of the molecule is CCC(C)NC(=O)C(CC)N(Cc1ccc(OC)cc1)C(=O)CSCc1ccccc1C. The van der Waals surface area contributed by atoms with Crippen molar-refractivity contribution >= 4 is 23.6 Å². The maximum Gasteiger partial charge on any atom is 0.243 e. The first kappa shape index (κ1) is 25.8. The standard InChI is InChI=1S/C26H36N2O3S/c1-6-20(4)27-26(30)24(7-2)28(16-21-12-14-23(31-5)15-13-21)25(29)18-32-17-22-11-9-8-10-19(22)3/h8-15,20,24H,6-7,16-18H2,1-5H3,(H,27,30). The Morgan fingerprint density at radius 1 is 1.06 bits per heavy atom. The van der Waals surface area contributed by atoms with E-state index in [1.54, 1.807) is 23.8 Å². The molecule has 0 aliphatic carbocycles. The van der Waals surface area contributed by atoms with Gasteiger partial charge in [0.1, 0.15) is 11.8 Å². The van der Waals surface area contributed by atoms with E-state index < -0.39 is 6.04 Å². The molecule has 174 valence electrons. The molecule has 5 nitrogen and oxygen atoms in total. The van der Waals surface area contributed by atoms with Crippen LogP contribution in [0.15, 0.2) is 48.5 Å². The zero-order valence-electron chi connectivity index (χ0n) is 19.9. The number of thioether (sulfide) groups is 1. The Morgan fingerprint density at radius 2 is 1.75 bits per heavy atom. The van der Waals surface area contributed by atoms with Crippen LogP contribution in [0.25, 0.3) is 0 Å². The highest BCUT2D eigenvalue weighted by molar-refractivity contribution is 7.99. The molecule has 2 unspecified atom stereocenters. The third-order valence-corrected chi connectivity index (χ3v) is 6.61. The van der Waals surface area contributed by atoms with Crippen LogP contribution in [0.5, 0.6) is 5.75 Å². The number of ether oxygens (including phenoxy) is 1. The van der Waals surface area contributed by atoms with Gasteiger partial charge in [-0.05, 0) is 55.5 Å². The van der Waals surface area contributed by atoms with E-state index in [1.165, 1.54) is 11.1 Å². The molecule has 0 saturated heterocycles. The van der Waals surface area contributed by atoms with Gasteiger partial charge >= 0.3 is 0 Å². The van der Waals surface area contributed by atoms with Gasteiger partial charge in [-0.25, -0.2) is 0 Å². The summed E-state index contributed by atoms with van der Waals surface area (Å²) in [6, 6.07) is 15.4. The minimum Gasteiger partial charge on any atom is -0.497 e. The Labute approximate surface area is 196 Å². The molecule has 0 aliphatic heterocycles. The van der Waals surface area contributed by atoms with Crippen molar-refractivity contribution in [1.29, 1.82) is 0 Å². The maximum absolute atomic E-state index is 13.3. The number of carbonyl (C=O) groups is 2. The van der Waals surface area contributed by atoms with E-state index >= 15 is 0 Å². The molecule has 0 heterocycles. The van der Waals surface area contributed by atoms with Gasteiger partial charge in [-0.1, -0.05) is 50.2 Å². The number of carbonyl (C=O) groups excluding carboxylic acids is 2. The second-order valence-electron chi connectivity index (χ2n) is 8.03. The van der Waals surface area contributed by atoms with Crippen LogP contribution in [0.4, 0.5) is 0 Å². The molecule has 0 aromatic heterocycles. The molecular formula is C26H36N2O3S. The van der Waals surface area contributed by atoms with Crippen LogP contribution in [0.2, 0.25) is 0 Å². The lowest BCUT2D eigenvalue weighted by atomic mass is 10.1. The van der Waals surface area contributed by atoms with Gasteiger partial charge in [0.25, 0.3) is 0 Å². The van der Waals surface area contributed by atoms with E-state index in [9.17, 15) is 9.59 Å². The predicted octanol–water partition coefficient (Wildman–Crippen LogP) is 4.96. The van der Waals surface area contributed by atoms with Gasteiger partial charge in [-0.2, -0.15) is 0 Å². The number of nitrogens with zero attached hydrogens (tertiary/aromatic N) is 1. The third kappa shape index (κ3) is 7.59. The van der Waals surface area contributed by atoms with Gasteiger partial charge < -0.3 is 15.0 Å². The monoisotopic (exact) mass is 456 g/mol. The fourth-order valence-corrected chi connectivity index (χ4v) is 4.38. The molecule has 0 spiro atoms. The lowest BCUT2D eigenvalue weighted by Gasteiger charge is -2.31. The minimum atomic E-state index is -0.502. The van der Waals surface area contributed by atoms with Gasteiger partial charge in [0, 0.05) is 18.3 Å². The highest BCUT2D eigenvalue weighted by Crippen LogP contribution is 2.20. The average molecular weight is 457 g/mol. The number of hydrogen-bond donors (Lipinski definition) is 1. The zero-order valence-corrected chi connectivity index (χ0v) is 20.7. The molecule has 2 aromatic rings. The summed E-state index contributed by atoms with van der Waals surface area (Å²) < 4.78 is 5.24. The summed E-state index contributed by atoms with van der Waals surface area (Å²) in [6.07, 6.45) is 1.41. The number of rotatable bonds is 12. The van der Waals surface area contributed by atoms with Gasteiger partial charge in [-0.15, -0.1) is 11.8 Å². The summed E-state index contributed by atoms with van der Waals surface area (Å²) in [7, 11) is 1.63. The van der Waals surface area contributed by atoms with Gasteiger partial charge in [0.2, 0.25) is 11.8 Å². The van der Waals surface area contributed by atoms with Gasteiger partial charge in [-0.3, -0.25) is 9.59 Å². The summed E-state index contributed by atoms with van der Waals surface area (Å²) in [5.74, 6) is 1.75. The molecule has 2 atom stereocenters. The molecule has 0 aliphatic rings. The second-order valence-corrected chi connectivity index (χ2v) is 9.02. The summed E-state index contributed by atoms with van der Waals surface area (Å²) in [5, 5.41) is 3.05. The Morgan fingerprint density at radius 3 is 2.34 bits per heavy atom. The van der Waals surface area contributed by atoms with Crippen LogP contribution in [0.1, 0.15) is 50.3 Å². The summed E-state index contributed by atoms with van der Waals surface area (Å²) in [4.78, 5) is 28.0. The summed E-state index contributed by atoms with van der Waals surface area (Å²) >= 11 is 1.59. The lowest BCUT2D eigenvalue weighted by molar-refractivity contribution is -0.139. The minimum absolute atomic E-state index is 0.0226. The molecular weight excluding hydrogens is 420 g/mol.